The van der Waals surface area contributed by atoms with Gasteiger partial charge in [-0.3, -0.25) is 14.9 Å². The Morgan fingerprint density at radius 2 is 2.06 bits per heavy atom. The lowest BCUT2D eigenvalue weighted by molar-refractivity contribution is -0.386. The fraction of sp³-hybridized carbons (Fsp3) is 0.300. The lowest BCUT2D eigenvalue weighted by Gasteiger charge is -2.38. The van der Waals surface area contributed by atoms with Crippen LogP contribution in [0.3, 0.4) is 0 Å². The van der Waals surface area contributed by atoms with Crippen molar-refractivity contribution in [2.45, 2.75) is 0 Å². The summed E-state index contributed by atoms with van der Waals surface area (Å²) < 4.78 is 26.4. The molecule has 0 spiro atoms. The Morgan fingerprint density at radius 3 is 2.56 bits per heavy atom. The van der Waals surface area contributed by atoms with E-state index in [4.69, 9.17) is 5.11 Å². The molecule has 8 heteroatoms. The van der Waals surface area contributed by atoms with Crippen LogP contribution in [0.5, 0.6) is 0 Å². The van der Waals surface area contributed by atoms with Crippen molar-refractivity contribution in [2.24, 2.45) is 5.92 Å². The second-order valence-electron chi connectivity index (χ2n) is 3.95. The molecule has 2 rings (SSSR count). The molecule has 1 aromatic carbocycles. The SMILES string of the molecule is O=C(O)C1CN(c2cc(F)cc(F)c2[N+](=O)[O-])C1. The Bertz CT molecular complexity index is 529. The van der Waals surface area contributed by atoms with Crippen LogP contribution in [-0.2, 0) is 4.79 Å². The van der Waals surface area contributed by atoms with E-state index in [0.29, 0.717) is 6.07 Å². The average Bonchev–Trinajstić information content (AvgIpc) is 2.11. The number of rotatable bonds is 3. The molecule has 1 aliphatic heterocycles. The van der Waals surface area contributed by atoms with Gasteiger partial charge in [0.1, 0.15) is 11.5 Å². The summed E-state index contributed by atoms with van der Waals surface area (Å²) in [6.07, 6.45) is 0. The fourth-order valence-corrected chi connectivity index (χ4v) is 1.81. The fourth-order valence-electron chi connectivity index (χ4n) is 1.81. The van der Waals surface area contributed by atoms with Gasteiger partial charge in [0.05, 0.1) is 10.8 Å². The third kappa shape index (κ3) is 1.96. The van der Waals surface area contributed by atoms with Crippen molar-refractivity contribution in [3.8, 4) is 0 Å². The smallest absolute Gasteiger partial charge is 0.328 e. The van der Waals surface area contributed by atoms with E-state index in [9.17, 15) is 23.7 Å². The van der Waals surface area contributed by atoms with Crippen molar-refractivity contribution in [2.75, 3.05) is 18.0 Å². The van der Waals surface area contributed by atoms with Gasteiger partial charge in [-0.15, -0.1) is 0 Å². The number of nitrogens with zero attached hydrogens (tertiary/aromatic N) is 2. The molecule has 96 valence electrons. The minimum absolute atomic E-state index is 0.000926. The van der Waals surface area contributed by atoms with Crippen LogP contribution in [0.2, 0.25) is 0 Å². The van der Waals surface area contributed by atoms with Gasteiger partial charge in [-0.25, -0.2) is 4.39 Å². The van der Waals surface area contributed by atoms with Crippen LogP contribution in [0.1, 0.15) is 0 Å². The monoisotopic (exact) mass is 258 g/mol. The van der Waals surface area contributed by atoms with Crippen molar-refractivity contribution in [3.63, 3.8) is 0 Å². The molecule has 0 aliphatic carbocycles. The van der Waals surface area contributed by atoms with Gasteiger partial charge in [0, 0.05) is 25.2 Å². The first-order valence-electron chi connectivity index (χ1n) is 5.01. The second kappa shape index (κ2) is 4.21. The standard InChI is InChI=1S/C10H8F2N2O4/c11-6-1-7(12)9(14(17)18)8(2-6)13-3-5(4-13)10(15)16/h1-2,5H,3-4H2,(H,15,16). The first-order valence-corrected chi connectivity index (χ1v) is 5.01. The molecule has 1 aromatic rings. The summed E-state index contributed by atoms with van der Waals surface area (Å²) in [5.74, 6) is -3.91. The van der Waals surface area contributed by atoms with Crippen LogP contribution in [0.4, 0.5) is 20.2 Å². The first kappa shape index (κ1) is 12.2. The maximum atomic E-state index is 13.3. The third-order valence-electron chi connectivity index (χ3n) is 2.76. The zero-order valence-corrected chi connectivity index (χ0v) is 8.97. The highest BCUT2D eigenvalue weighted by Crippen LogP contribution is 2.35. The summed E-state index contributed by atoms with van der Waals surface area (Å²) in [5.41, 5.74) is -1.06. The first-order chi connectivity index (χ1) is 8.40. The molecule has 18 heavy (non-hydrogen) atoms. The molecular formula is C10H8F2N2O4. The molecule has 0 saturated carbocycles. The molecule has 0 amide bonds. The second-order valence-corrected chi connectivity index (χ2v) is 3.95. The minimum Gasteiger partial charge on any atom is -0.481 e. The normalized spacial score (nSPS) is 15.3. The number of anilines is 1. The van der Waals surface area contributed by atoms with E-state index < -0.39 is 34.1 Å². The number of nitro benzene ring substituents is 1. The quantitative estimate of drug-likeness (QED) is 0.654. The maximum absolute atomic E-state index is 13.3. The molecular weight excluding hydrogens is 250 g/mol. The summed E-state index contributed by atoms with van der Waals surface area (Å²) in [6.45, 7) is -0.00185. The zero-order chi connectivity index (χ0) is 13.4. The Morgan fingerprint density at radius 1 is 1.44 bits per heavy atom. The number of carbonyl (C=O) groups is 1. The minimum atomic E-state index is -1.27. The van der Waals surface area contributed by atoms with Gasteiger partial charge < -0.3 is 10.0 Å². The van der Waals surface area contributed by atoms with Crippen LogP contribution in [0.25, 0.3) is 0 Å². The van der Waals surface area contributed by atoms with Crippen LogP contribution >= 0.6 is 0 Å². The number of halogens is 2. The maximum Gasteiger partial charge on any atom is 0.328 e. The van der Waals surface area contributed by atoms with Crippen molar-refractivity contribution in [3.05, 3.63) is 33.9 Å². The molecule has 6 nitrogen and oxygen atoms in total. The van der Waals surface area contributed by atoms with Crippen molar-refractivity contribution in [1.82, 2.24) is 0 Å². The number of carboxylic acid groups (broad SMARTS) is 1. The van der Waals surface area contributed by atoms with Gasteiger partial charge in [0.25, 0.3) is 0 Å². The van der Waals surface area contributed by atoms with Crippen molar-refractivity contribution in [1.29, 1.82) is 0 Å². The van der Waals surface area contributed by atoms with E-state index in [1.54, 1.807) is 0 Å². The van der Waals surface area contributed by atoms with Crippen LogP contribution < -0.4 is 4.90 Å². The molecule has 0 radical (unpaired) electrons. The van der Waals surface area contributed by atoms with E-state index in [2.05, 4.69) is 0 Å². The lowest BCUT2D eigenvalue weighted by Crippen LogP contribution is -2.50. The third-order valence-corrected chi connectivity index (χ3v) is 2.76. The Hall–Kier alpha value is -2.25. The highest BCUT2D eigenvalue weighted by molar-refractivity contribution is 5.76. The van der Waals surface area contributed by atoms with Crippen LogP contribution in [0, 0.1) is 27.7 Å². The van der Waals surface area contributed by atoms with Crippen LogP contribution in [-0.4, -0.2) is 29.1 Å². The zero-order valence-electron chi connectivity index (χ0n) is 8.97. The molecule has 0 unspecified atom stereocenters. The van der Waals surface area contributed by atoms with E-state index in [1.807, 2.05) is 0 Å². The number of aliphatic carboxylic acids is 1. The highest BCUT2D eigenvalue weighted by Gasteiger charge is 2.37. The number of benzene rings is 1. The van der Waals surface area contributed by atoms with Crippen molar-refractivity contribution < 1.29 is 23.6 Å². The molecule has 1 saturated heterocycles. The number of carboxylic acids is 1. The molecule has 1 heterocycles. The molecule has 0 aromatic heterocycles. The lowest BCUT2D eigenvalue weighted by atomic mass is 9.99. The number of hydrogen-bond donors (Lipinski definition) is 1. The summed E-state index contributed by atoms with van der Waals surface area (Å²) in [6, 6.07) is 1.26. The predicted octanol–water partition coefficient (Wildman–Crippen LogP) is 1.39. The summed E-state index contributed by atoms with van der Waals surface area (Å²) in [7, 11) is 0. The predicted molar refractivity (Wildman–Crippen MR) is 56.4 cm³/mol. The molecule has 0 bridgehead atoms. The molecule has 0 atom stereocenters. The van der Waals surface area contributed by atoms with Crippen LogP contribution in [0.15, 0.2) is 12.1 Å². The topological polar surface area (TPSA) is 83.7 Å². The van der Waals surface area contributed by atoms with Gasteiger partial charge in [0.2, 0.25) is 5.82 Å². The van der Waals surface area contributed by atoms with E-state index >= 15 is 0 Å². The van der Waals surface area contributed by atoms with Gasteiger partial charge in [0.15, 0.2) is 0 Å². The number of hydrogen-bond acceptors (Lipinski definition) is 4. The number of nitro groups is 1. The highest BCUT2D eigenvalue weighted by atomic mass is 19.1. The van der Waals surface area contributed by atoms with E-state index in [-0.39, 0.29) is 18.8 Å². The Kier molecular flexibility index (Phi) is 2.85. The largest absolute Gasteiger partial charge is 0.481 e. The van der Waals surface area contributed by atoms with E-state index in [0.717, 1.165) is 6.07 Å². The van der Waals surface area contributed by atoms with Gasteiger partial charge >= 0.3 is 11.7 Å². The molecule has 1 fully saturated rings. The Labute approximate surface area is 99.6 Å². The van der Waals surface area contributed by atoms with Gasteiger partial charge in [-0.1, -0.05) is 0 Å². The molecule has 1 aliphatic rings. The summed E-state index contributed by atoms with van der Waals surface area (Å²) >= 11 is 0. The Balaban J connectivity index is 2.34. The molecule has 1 N–H and O–H groups in total. The summed E-state index contributed by atoms with van der Waals surface area (Å²) in [5, 5.41) is 19.4. The van der Waals surface area contributed by atoms with Gasteiger partial charge in [-0.2, -0.15) is 4.39 Å². The van der Waals surface area contributed by atoms with Gasteiger partial charge in [-0.05, 0) is 0 Å². The average molecular weight is 258 g/mol. The summed E-state index contributed by atoms with van der Waals surface area (Å²) in [4.78, 5) is 21.6. The van der Waals surface area contributed by atoms with Crippen molar-refractivity contribution >= 4 is 17.3 Å². The van der Waals surface area contributed by atoms with E-state index in [1.165, 1.54) is 4.90 Å².